The van der Waals surface area contributed by atoms with E-state index >= 15 is 0 Å². The van der Waals surface area contributed by atoms with Crippen LogP contribution in [0.2, 0.25) is 0 Å². The maximum atomic E-state index is 11.4. The van der Waals surface area contributed by atoms with E-state index in [9.17, 15) is 9.59 Å². The van der Waals surface area contributed by atoms with Crippen molar-refractivity contribution in [3.05, 3.63) is 0 Å². The quantitative estimate of drug-likeness (QED) is 0.400. The van der Waals surface area contributed by atoms with Gasteiger partial charge in [0, 0.05) is 13.0 Å². The number of ether oxygens (including phenoxy) is 1. The molecule has 5 nitrogen and oxygen atoms in total. The van der Waals surface area contributed by atoms with Crippen molar-refractivity contribution >= 4 is 12.1 Å². The highest BCUT2D eigenvalue weighted by atomic mass is 16.5. The summed E-state index contributed by atoms with van der Waals surface area (Å²) in [6.07, 6.45) is 8.92. The number of carbonyl (C=O) groups excluding carboxylic acids is 1. The molecule has 0 unspecified atom stereocenters. The lowest BCUT2D eigenvalue weighted by molar-refractivity contribution is -0.143. The molecule has 2 N–H and O–H groups in total. The second-order valence-corrected chi connectivity index (χ2v) is 5.03. The summed E-state index contributed by atoms with van der Waals surface area (Å²) in [5.74, 6) is -0.134. The number of esters is 1. The Balaban J connectivity index is 3.19. The summed E-state index contributed by atoms with van der Waals surface area (Å²) in [4.78, 5) is 21.6. The summed E-state index contributed by atoms with van der Waals surface area (Å²) in [7, 11) is 0. The molecule has 0 saturated heterocycles. The highest BCUT2D eigenvalue weighted by Gasteiger charge is 2.02. The molecule has 0 radical (unpaired) electrons. The number of rotatable bonds is 13. The van der Waals surface area contributed by atoms with Crippen molar-refractivity contribution in [1.29, 1.82) is 0 Å². The minimum atomic E-state index is -0.997. The van der Waals surface area contributed by atoms with E-state index in [-0.39, 0.29) is 5.97 Å². The fourth-order valence-electron chi connectivity index (χ4n) is 1.91. The van der Waals surface area contributed by atoms with Crippen LogP contribution in [0.3, 0.4) is 0 Å². The van der Waals surface area contributed by atoms with E-state index in [1.165, 1.54) is 25.7 Å². The van der Waals surface area contributed by atoms with Crippen molar-refractivity contribution in [2.45, 2.75) is 71.1 Å². The highest BCUT2D eigenvalue weighted by Crippen LogP contribution is 2.06. The molecule has 0 bridgehead atoms. The average molecular weight is 287 g/mol. The van der Waals surface area contributed by atoms with E-state index < -0.39 is 6.09 Å². The van der Waals surface area contributed by atoms with Gasteiger partial charge in [-0.15, -0.1) is 0 Å². The topological polar surface area (TPSA) is 75.6 Å². The molecular formula is C15H29NO4. The second-order valence-electron chi connectivity index (χ2n) is 5.03. The molecule has 0 aromatic carbocycles. The molecule has 0 heterocycles. The van der Waals surface area contributed by atoms with Gasteiger partial charge in [-0.1, -0.05) is 45.4 Å². The molecular weight excluding hydrogens is 258 g/mol. The Hall–Kier alpha value is -1.26. The van der Waals surface area contributed by atoms with E-state index in [2.05, 4.69) is 12.2 Å². The standard InChI is InChI=1S/C15H29NO4/c1-2-3-4-5-6-10-13-20-14(17)11-8-7-9-12-16-15(18)19/h16H,2-13H2,1H3,(H,18,19). The normalized spacial score (nSPS) is 10.2. The van der Waals surface area contributed by atoms with Gasteiger partial charge in [-0.25, -0.2) is 4.79 Å². The Morgan fingerprint density at radius 2 is 1.60 bits per heavy atom. The average Bonchev–Trinajstić information content (AvgIpc) is 2.41. The van der Waals surface area contributed by atoms with Crippen LogP contribution < -0.4 is 5.32 Å². The molecule has 0 aromatic heterocycles. The van der Waals surface area contributed by atoms with Gasteiger partial charge in [-0.05, 0) is 19.3 Å². The lowest BCUT2D eigenvalue weighted by Crippen LogP contribution is -2.21. The number of unbranched alkanes of at least 4 members (excludes halogenated alkanes) is 7. The fraction of sp³-hybridized carbons (Fsp3) is 0.867. The van der Waals surface area contributed by atoms with Crippen LogP contribution >= 0.6 is 0 Å². The van der Waals surface area contributed by atoms with E-state index in [4.69, 9.17) is 9.84 Å². The maximum Gasteiger partial charge on any atom is 0.404 e. The van der Waals surface area contributed by atoms with Crippen LogP contribution in [0.4, 0.5) is 4.79 Å². The number of nitrogens with one attached hydrogen (secondary N) is 1. The summed E-state index contributed by atoms with van der Waals surface area (Å²) >= 11 is 0. The van der Waals surface area contributed by atoms with E-state index in [1.807, 2.05) is 0 Å². The van der Waals surface area contributed by atoms with Crippen LogP contribution in [-0.4, -0.2) is 30.3 Å². The second kappa shape index (κ2) is 14.2. The maximum absolute atomic E-state index is 11.4. The number of amides is 1. The molecule has 5 heteroatoms. The van der Waals surface area contributed by atoms with Crippen molar-refractivity contribution < 1.29 is 19.4 Å². The third kappa shape index (κ3) is 14.8. The van der Waals surface area contributed by atoms with Gasteiger partial charge in [0.25, 0.3) is 0 Å². The number of hydrogen-bond acceptors (Lipinski definition) is 3. The van der Waals surface area contributed by atoms with Gasteiger partial charge >= 0.3 is 12.1 Å². The number of hydrogen-bond donors (Lipinski definition) is 2. The predicted molar refractivity (Wildman–Crippen MR) is 78.8 cm³/mol. The first-order chi connectivity index (χ1) is 9.66. The first-order valence-corrected chi connectivity index (χ1v) is 7.79. The van der Waals surface area contributed by atoms with Gasteiger partial charge in [0.2, 0.25) is 0 Å². The monoisotopic (exact) mass is 287 g/mol. The van der Waals surface area contributed by atoms with Crippen molar-refractivity contribution in [2.75, 3.05) is 13.2 Å². The van der Waals surface area contributed by atoms with Crippen molar-refractivity contribution in [3.63, 3.8) is 0 Å². The summed E-state index contributed by atoms with van der Waals surface area (Å²) in [5, 5.41) is 10.7. The molecule has 0 rings (SSSR count). The first kappa shape index (κ1) is 18.7. The molecule has 0 saturated carbocycles. The largest absolute Gasteiger partial charge is 0.466 e. The molecule has 118 valence electrons. The third-order valence-electron chi connectivity index (χ3n) is 3.09. The zero-order valence-corrected chi connectivity index (χ0v) is 12.7. The molecule has 0 aliphatic carbocycles. The van der Waals surface area contributed by atoms with Crippen LogP contribution in [0.25, 0.3) is 0 Å². The number of carbonyl (C=O) groups is 2. The van der Waals surface area contributed by atoms with Gasteiger partial charge < -0.3 is 15.2 Å². The molecule has 0 aromatic rings. The Labute approximate surface area is 122 Å². The Morgan fingerprint density at radius 3 is 2.30 bits per heavy atom. The molecule has 0 aliphatic heterocycles. The first-order valence-electron chi connectivity index (χ1n) is 7.79. The summed E-state index contributed by atoms with van der Waals surface area (Å²) in [6, 6.07) is 0. The molecule has 0 spiro atoms. The van der Waals surface area contributed by atoms with Crippen LogP contribution in [0.15, 0.2) is 0 Å². The minimum Gasteiger partial charge on any atom is -0.466 e. The molecule has 0 aliphatic rings. The van der Waals surface area contributed by atoms with Crippen LogP contribution in [-0.2, 0) is 9.53 Å². The molecule has 0 fully saturated rings. The van der Waals surface area contributed by atoms with Gasteiger partial charge in [0.15, 0.2) is 0 Å². The van der Waals surface area contributed by atoms with Gasteiger partial charge in [0.05, 0.1) is 6.61 Å². The lowest BCUT2D eigenvalue weighted by atomic mass is 10.1. The van der Waals surface area contributed by atoms with Crippen molar-refractivity contribution in [1.82, 2.24) is 5.32 Å². The zero-order valence-electron chi connectivity index (χ0n) is 12.7. The number of carboxylic acid groups (broad SMARTS) is 1. The van der Waals surface area contributed by atoms with Crippen molar-refractivity contribution in [2.24, 2.45) is 0 Å². The van der Waals surface area contributed by atoms with Gasteiger partial charge in [-0.2, -0.15) is 0 Å². The lowest BCUT2D eigenvalue weighted by Gasteiger charge is -2.05. The Kier molecular flexibility index (Phi) is 13.3. The van der Waals surface area contributed by atoms with Gasteiger partial charge in [0.1, 0.15) is 0 Å². The third-order valence-corrected chi connectivity index (χ3v) is 3.09. The Bertz CT molecular complexity index is 256. The smallest absolute Gasteiger partial charge is 0.404 e. The Morgan fingerprint density at radius 1 is 0.950 bits per heavy atom. The van der Waals surface area contributed by atoms with E-state index in [0.717, 1.165) is 32.1 Å². The zero-order chi connectivity index (χ0) is 15.1. The summed E-state index contributed by atoms with van der Waals surface area (Å²) in [5.41, 5.74) is 0. The van der Waals surface area contributed by atoms with Crippen molar-refractivity contribution in [3.8, 4) is 0 Å². The van der Waals surface area contributed by atoms with E-state index in [0.29, 0.717) is 19.6 Å². The van der Waals surface area contributed by atoms with Crippen LogP contribution in [0.1, 0.15) is 71.1 Å². The highest BCUT2D eigenvalue weighted by molar-refractivity contribution is 5.69. The molecule has 0 atom stereocenters. The SMILES string of the molecule is CCCCCCCCOC(=O)CCCCCNC(=O)O. The predicted octanol–water partition coefficient (Wildman–Crippen LogP) is 3.72. The summed E-state index contributed by atoms with van der Waals surface area (Å²) in [6.45, 7) is 3.17. The summed E-state index contributed by atoms with van der Waals surface area (Å²) < 4.78 is 5.14. The van der Waals surface area contributed by atoms with Gasteiger partial charge in [-0.3, -0.25) is 4.79 Å². The molecule has 20 heavy (non-hydrogen) atoms. The van der Waals surface area contributed by atoms with E-state index in [1.54, 1.807) is 0 Å². The van der Waals surface area contributed by atoms with Crippen LogP contribution in [0, 0.1) is 0 Å². The minimum absolute atomic E-state index is 0.134. The van der Waals surface area contributed by atoms with Crippen LogP contribution in [0.5, 0.6) is 0 Å². The fourth-order valence-corrected chi connectivity index (χ4v) is 1.91. The molecule has 1 amide bonds.